The minimum Gasteiger partial charge on any atom is -0.379 e. The molecule has 152 valence electrons. The molecule has 0 bridgehead atoms. The molecule has 0 aliphatic heterocycles. The summed E-state index contributed by atoms with van der Waals surface area (Å²) in [6.07, 6.45) is 12.0. The number of rotatable bonds is 7. The van der Waals surface area contributed by atoms with Crippen molar-refractivity contribution in [3.8, 4) is 17.6 Å². The predicted octanol–water partition coefficient (Wildman–Crippen LogP) is 6.63. The van der Waals surface area contributed by atoms with E-state index in [2.05, 4.69) is 33.8 Å². The summed E-state index contributed by atoms with van der Waals surface area (Å²) < 4.78 is 30.6. The summed E-state index contributed by atoms with van der Waals surface area (Å²) in [5.74, 6) is 6.62. The van der Waals surface area contributed by atoms with Crippen LogP contribution in [-0.4, -0.2) is 8.42 Å². The average Bonchev–Trinajstić information content (AvgIpc) is 2.72. The summed E-state index contributed by atoms with van der Waals surface area (Å²) in [4.78, 5) is 0.119. The van der Waals surface area contributed by atoms with Crippen molar-refractivity contribution in [2.24, 2.45) is 0 Å². The van der Waals surface area contributed by atoms with Crippen LogP contribution < -0.4 is 4.18 Å². The van der Waals surface area contributed by atoms with Crippen molar-refractivity contribution >= 4 is 26.0 Å². The molecule has 2 aromatic carbocycles. The van der Waals surface area contributed by atoms with Crippen LogP contribution in [0.2, 0.25) is 0 Å². The van der Waals surface area contributed by atoms with Crippen molar-refractivity contribution in [3.05, 3.63) is 70.2 Å². The largest absolute Gasteiger partial charge is 0.379 e. The molecule has 3 nitrogen and oxygen atoms in total. The second-order valence-corrected chi connectivity index (χ2v) is 9.59. The highest BCUT2D eigenvalue weighted by Crippen LogP contribution is 2.22. The molecule has 29 heavy (non-hydrogen) atoms. The molecule has 1 aliphatic rings. The third-order valence-corrected chi connectivity index (χ3v) is 6.62. The molecule has 0 spiro atoms. The second kappa shape index (κ2) is 10.7. The molecular formula is C24H25BrO3S. The van der Waals surface area contributed by atoms with E-state index < -0.39 is 10.1 Å². The maximum atomic E-state index is 12.3. The van der Waals surface area contributed by atoms with Crippen molar-refractivity contribution in [1.82, 2.24) is 0 Å². The monoisotopic (exact) mass is 472 g/mol. The Morgan fingerprint density at radius 1 is 0.966 bits per heavy atom. The lowest BCUT2D eigenvalue weighted by Crippen LogP contribution is -2.09. The maximum Gasteiger partial charge on any atom is 0.339 e. The van der Waals surface area contributed by atoms with Crippen molar-refractivity contribution < 1.29 is 12.6 Å². The van der Waals surface area contributed by atoms with Gasteiger partial charge in [0.05, 0.1) is 0 Å². The zero-order valence-electron chi connectivity index (χ0n) is 16.4. The van der Waals surface area contributed by atoms with Crippen molar-refractivity contribution in [2.45, 2.75) is 56.3 Å². The number of halogens is 1. The average molecular weight is 473 g/mol. The number of hydrogen-bond acceptors (Lipinski definition) is 3. The van der Waals surface area contributed by atoms with Crippen molar-refractivity contribution in [1.29, 1.82) is 0 Å². The molecule has 1 aliphatic carbocycles. The molecule has 0 amide bonds. The first-order chi connectivity index (χ1) is 14.0. The molecule has 0 atom stereocenters. The Hall–Kier alpha value is -2.03. The molecule has 0 unspecified atom stereocenters. The summed E-state index contributed by atoms with van der Waals surface area (Å²) in [5, 5.41) is 0. The summed E-state index contributed by atoms with van der Waals surface area (Å²) in [5.41, 5.74) is 2.48. The van der Waals surface area contributed by atoms with Gasteiger partial charge in [-0.25, -0.2) is 0 Å². The lowest BCUT2D eigenvalue weighted by atomic mass is 9.95. The molecule has 0 saturated carbocycles. The predicted molar refractivity (Wildman–Crippen MR) is 120 cm³/mol. The van der Waals surface area contributed by atoms with Gasteiger partial charge in [-0.1, -0.05) is 39.4 Å². The van der Waals surface area contributed by atoms with E-state index in [1.807, 2.05) is 0 Å². The van der Waals surface area contributed by atoms with E-state index in [4.69, 9.17) is 4.18 Å². The van der Waals surface area contributed by atoms with Gasteiger partial charge in [-0.05, 0) is 93.5 Å². The first-order valence-corrected chi connectivity index (χ1v) is 12.2. The molecule has 0 saturated heterocycles. The number of unbranched alkanes of at least 4 members (excludes halogenated alkanes) is 2. The molecule has 5 heteroatoms. The fourth-order valence-electron chi connectivity index (χ4n) is 3.23. The number of allylic oxidation sites excluding steroid dienone is 2. The maximum absolute atomic E-state index is 12.3. The first kappa shape index (κ1) is 21.7. The SMILES string of the molecule is O=S(=O)(Oc1ccc(C#CCCCCC2=CCCCC2)cc1)c1ccc(Br)cc1. The van der Waals surface area contributed by atoms with Gasteiger partial charge in [-0.15, -0.1) is 0 Å². The lowest BCUT2D eigenvalue weighted by molar-refractivity contribution is 0.486. The molecule has 3 rings (SSSR count). The Balaban J connectivity index is 1.47. The van der Waals surface area contributed by atoms with Crippen LogP contribution in [0.25, 0.3) is 0 Å². The molecule has 0 fully saturated rings. The number of hydrogen-bond donors (Lipinski definition) is 0. The third kappa shape index (κ3) is 7.06. The highest BCUT2D eigenvalue weighted by atomic mass is 79.9. The third-order valence-electron chi connectivity index (χ3n) is 4.83. The quantitative estimate of drug-likeness (QED) is 0.196. The van der Waals surface area contributed by atoms with Crippen LogP contribution in [0.5, 0.6) is 5.75 Å². The van der Waals surface area contributed by atoms with E-state index in [0.29, 0.717) is 0 Å². The fourth-order valence-corrected chi connectivity index (χ4v) is 4.43. The van der Waals surface area contributed by atoms with Crippen LogP contribution in [0.1, 0.15) is 56.9 Å². The zero-order valence-corrected chi connectivity index (χ0v) is 18.8. The molecule has 0 aromatic heterocycles. The Labute approximate surface area is 182 Å². The van der Waals surface area contributed by atoms with Gasteiger partial charge in [0.1, 0.15) is 10.6 Å². The van der Waals surface area contributed by atoms with Crippen LogP contribution in [0.3, 0.4) is 0 Å². The minimum absolute atomic E-state index is 0.119. The van der Waals surface area contributed by atoms with Gasteiger partial charge in [0, 0.05) is 16.5 Å². The van der Waals surface area contributed by atoms with Gasteiger partial charge in [0.15, 0.2) is 0 Å². The Morgan fingerprint density at radius 2 is 1.72 bits per heavy atom. The molecule has 2 aromatic rings. The van der Waals surface area contributed by atoms with E-state index in [1.165, 1.54) is 50.7 Å². The van der Waals surface area contributed by atoms with E-state index in [-0.39, 0.29) is 10.6 Å². The van der Waals surface area contributed by atoms with Crippen LogP contribution in [-0.2, 0) is 10.1 Å². The molecule has 0 radical (unpaired) electrons. The Bertz CT molecular complexity index is 995. The molecule has 0 N–H and O–H groups in total. The highest BCUT2D eigenvalue weighted by molar-refractivity contribution is 9.10. The fraction of sp³-hybridized carbons (Fsp3) is 0.333. The van der Waals surface area contributed by atoms with Crippen LogP contribution in [0.15, 0.2) is 69.5 Å². The van der Waals surface area contributed by atoms with Crippen LogP contribution in [0.4, 0.5) is 0 Å². The Morgan fingerprint density at radius 3 is 2.41 bits per heavy atom. The van der Waals surface area contributed by atoms with Gasteiger partial charge < -0.3 is 4.18 Å². The van der Waals surface area contributed by atoms with Crippen molar-refractivity contribution in [2.75, 3.05) is 0 Å². The number of benzene rings is 2. The minimum atomic E-state index is -3.84. The van der Waals surface area contributed by atoms with E-state index >= 15 is 0 Å². The lowest BCUT2D eigenvalue weighted by Gasteiger charge is -2.11. The van der Waals surface area contributed by atoms with E-state index in [0.717, 1.165) is 22.9 Å². The Kier molecular flexibility index (Phi) is 7.97. The van der Waals surface area contributed by atoms with Gasteiger partial charge in [0.2, 0.25) is 0 Å². The molecular weight excluding hydrogens is 448 g/mol. The molecule has 0 heterocycles. The van der Waals surface area contributed by atoms with Gasteiger partial charge in [0.25, 0.3) is 0 Å². The standard InChI is InChI=1S/C24H25BrO3S/c25-22-14-18-24(19-15-22)29(26,27)28-23-16-12-21(13-17-23)11-5-2-1-4-8-20-9-6-3-7-10-20/h9,12-19H,1-4,6-8,10H2. The summed E-state index contributed by atoms with van der Waals surface area (Å²) in [7, 11) is -3.84. The van der Waals surface area contributed by atoms with Gasteiger partial charge >= 0.3 is 10.1 Å². The summed E-state index contributed by atoms with van der Waals surface area (Å²) in [6.45, 7) is 0. The second-order valence-electron chi connectivity index (χ2n) is 7.13. The van der Waals surface area contributed by atoms with Crippen molar-refractivity contribution in [3.63, 3.8) is 0 Å². The van der Waals surface area contributed by atoms with E-state index in [9.17, 15) is 8.42 Å². The van der Waals surface area contributed by atoms with Gasteiger partial charge in [-0.3, -0.25) is 0 Å². The summed E-state index contributed by atoms with van der Waals surface area (Å²) in [6, 6.07) is 13.2. The van der Waals surface area contributed by atoms with Crippen LogP contribution in [0, 0.1) is 11.8 Å². The van der Waals surface area contributed by atoms with Crippen LogP contribution >= 0.6 is 15.9 Å². The zero-order chi connectivity index (χ0) is 20.5. The normalized spacial score (nSPS) is 13.9. The smallest absolute Gasteiger partial charge is 0.339 e. The highest BCUT2D eigenvalue weighted by Gasteiger charge is 2.16. The summed E-state index contributed by atoms with van der Waals surface area (Å²) >= 11 is 3.29. The van der Waals surface area contributed by atoms with Gasteiger partial charge in [-0.2, -0.15) is 8.42 Å². The topological polar surface area (TPSA) is 43.4 Å². The first-order valence-electron chi connectivity index (χ1n) is 10.00. The van der Waals surface area contributed by atoms with E-state index in [1.54, 1.807) is 42.0 Å².